The van der Waals surface area contributed by atoms with Crippen LogP contribution in [0, 0.1) is 5.92 Å². The van der Waals surface area contributed by atoms with Crippen LogP contribution in [0.5, 0.6) is 11.5 Å². The zero-order valence-electron chi connectivity index (χ0n) is 18.8. The fraction of sp³-hybridized carbons (Fsp3) is 0.440. The van der Waals surface area contributed by atoms with E-state index in [9.17, 15) is 9.59 Å². The van der Waals surface area contributed by atoms with E-state index in [1.54, 1.807) is 38.5 Å². The Morgan fingerprint density at radius 1 is 0.844 bits per heavy atom. The van der Waals surface area contributed by atoms with Crippen LogP contribution in [0.25, 0.3) is 0 Å². The number of amides is 2. The van der Waals surface area contributed by atoms with Crippen molar-refractivity contribution in [1.82, 2.24) is 10.2 Å². The standard InChI is InChI=1S/C25H31N3O4/c1-31-20-10-6-18(7-11-20)24(29)26-23-5-3-4-22(23)25(30)28-16-14-27(15-17-28)19-8-12-21(32-2)13-9-19/h6-13,22-23H,3-5,14-17H2,1-2H3,(H,26,29)/t22-,23+/m0/s1. The van der Waals surface area contributed by atoms with Crippen LogP contribution in [-0.4, -0.2) is 63.2 Å². The molecular weight excluding hydrogens is 406 g/mol. The summed E-state index contributed by atoms with van der Waals surface area (Å²) in [5.74, 6) is 1.43. The molecule has 1 N–H and O–H groups in total. The van der Waals surface area contributed by atoms with Crippen LogP contribution in [-0.2, 0) is 4.79 Å². The van der Waals surface area contributed by atoms with E-state index in [0.717, 1.165) is 43.8 Å². The molecule has 2 aliphatic rings. The number of carbonyl (C=O) groups excluding carboxylic acids is 2. The maximum absolute atomic E-state index is 13.3. The fourth-order valence-electron chi connectivity index (χ4n) is 4.64. The summed E-state index contributed by atoms with van der Waals surface area (Å²) in [6, 6.07) is 15.0. The van der Waals surface area contributed by atoms with Crippen LogP contribution in [0.3, 0.4) is 0 Å². The summed E-state index contributed by atoms with van der Waals surface area (Å²) < 4.78 is 10.4. The molecule has 170 valence electrons. The molecule has 0 radical (unpaired) electrons. The lowest BCUT2D eigenvalue weighted by molar-refractivity contribution is -0.136. The second kappa shape index (κ2) is 9.94. The number of anilines is 1. The zero-order chi connectivity index (χ0) is 22.5. The van der Waals surface area contributed by atoms with Crippen molar-refractivity contribution in [2.24, 2.45) is 5.92 Å². The smallest absolute Gasteiger partial charge is 0.251 e. The minimum absolute atomic E-state index is 0.114. The zero-order valence-corrected chi connectivity index (χ0v) is 18.8. The number of carbonyl (C=O) groups is 2. The first-order chi connectivity index (χ1) is 15.6. The van der Waals surface area contributed by atoms with Crippen molar-refractivity contribution >= 4 is 17.5 Å². The van der Waals surface area contributed by atoms with Gasteiger partial charge in [0.15, 0.2) is 0 Å². The highest BCUT2D eigenvalue weighted by atomic mass is 16.5. The number of methoxy groups -OCH3 is 2. The van der Waals surface area contributed by atoms with E-state index in [2.05, 4.69) is 22.3 Å². The lowest BCUT2D eigenvalue weighted by Gasteiger charge is -2.38. The van der Waals surface area contributed by atoms with Crippen LogP contribution in [0.15, 0.2) is 48.5 Å². The van der Waals surface area contributed by atoms with Crippen molar-refractivity contribution in [2.75, 3.05) is 45.3 Å². The summed E-state index contributed by atoms with van der Waals surface area (Å²) >= 11 is 0. The van der Waals surface area contributed by atoms with Gasteiger partial charge >= 0.3 is 0 Å². The van der Waals surface area contributed by atoms with Crippen LogP contribution >= 0.6 is 0 Å². The molecule has 2 atom stereocenters. The summed E-state index contributed by atoms with van der Waals surface area (Å²) in [6.07, 6.45) is 2.62. The van der Waals surface area contributed by atoms with Gasteiger partial charge in [-0.3, -0.25) is 9.59 Å². The molecule has 7 heteroatoms. The quantitative estimate of drug-likeness (QED) is 0.753. The molecule has 1 saturated heterocycles. The van der Waals surface area contributed by atoms with Gasteiger partial charge in [-0.1, -0.05) is 6.42 Å². The molecule has 0 bridgehead atoms. The Morgan fingerprint density at radius 2 is 1.44 bits per heavy atom. The molecule has 1 aliphatic heterocycles. The molecule has 2 aromatic rings. The molecule has 1 aliphatic carbocycles. The van der Waals surface area contributed by atoms with Gasteiger partial charge in [0.1, 0.15) is 11.5 Å². The first kappa shape index (κ1) is 22.0. The van der Waals surface area contributed by atoms with Crippen molar-refractivity contribution < 1.29 is 19.1 Å². The number of hydrogen-bond acceptors (Lipinski definition) is 5. The van der Waals surface area contributed by atoms with E-state index in [1.165, 1.54) is 0 Å². The van der Waals surface area contributed by atoms with Gasteiger partial charge in [-0.2, -0.15) is 0 Å². The monoisotopic (exact) mass is 437 g/mol. The lowest BCUT2D eigenvalue weighted by Crippen LogP contribution is -2.52. The van der Waals surface area contributed by atoms with Gasteiger partial charge in [0.25, 0.3) is 5.91 Å². The molecule has 1 saturated carbocycles. The first-order valence-electron chi connectivity index (χ1n) is 11.2. The molecule has 32 heavy (non-hydrogen) atoms. The summed E-state index contributed by atoms with van der Waals surface area (Å²) in [5, 5.41) is 3.10. The van der Waals surface area contributed by atoms with Gasteiger partial charge in [-0.25, -0.2) is 0 Å². The number of nitrogens with zero attached hydrogens (tertiary/aromatic N) is 2. The summed E-state index contributed by atoms with van der Waals surface area (Å²) in [5.41, 5.74) is 1.72. The molecule has 0 unspecified atom stereocenters. The van der Waals surface area contributed by atoms with Crippen molar-refractivity contribution in [3.8, 4) is 11.5 Å². The fourth-order valence-corrected chi connectivity index (χ4v) is 4.64. The van der Waals surface area contributed by atoms with Gasteiger partial charge in [0.2, 0.25) is 5.91 Å². The van der Waals surface area contributed by atoms with E-state index in [1.807, 2.05) is 17.0 Å². The van der Waals surface area contributed by atoms with Gasteiger partial charge < -0.3 is 24.6 Å². The van der Waals surface area contributed by atoms with Gasteiger partial charge in [-0.05, 0) is 61.4 Å². The maximum Gasteiger partial charge on any atom is 0.251 e. The second-order valence-electron chi connectivity index (χ2n) is 8.36. The number of hydrogen-bond donors (Lipinski definition) is 1. The summed E-state index contributed by atoms with van der Waals surface area (Å²) in [6.45, 7) is 2.99. The maximum atomic E-state index is 13.3. The van der Waals surface area contributed by atoms with Gasteiger partial charge in [-0.15, -0.1) is 0 Å². The molecule has 4 rings (SSSR count). The Hall–Kier alpha value is -3.22. The summed E-state index contributed by atoms with van der Waals surface area (Å²) in [7, 11) is 3.26. The van der Waals surface area contributed by atoms with E-state index in [0.29, 0.717) is 24.4 Å². The van der Waals surface area contributed by atoms with Crippen molar-refractivity contribution in [2.45, 2.75) is 25.3 Å². The molecule has 1 heterocycles. The Morgan fingerprint density at radius 3 is 2.03 bits per heavy atom. The van der Waals surface area contributed by atoms with E-state index in [-0.39, 0.29) is 23.8 Å². The molecule has 0 spiro atoms. The van der Waals surface area contributed by atoms with Crippen LogP contribution in [0.4, 0.5) is 5.69 Å². The molecule has 7 nitrogen and oxygen atoms in total. The molecule has 0 aromatic heterocycles. The van der Waals surface area contributed by atoms with Gasteiger partial charge in [0, 0.05) is 43.5 Å². The van der Waals surface area contributed by atoms with E-state index in [4.69, 9.17) is 9.47 Å². The highest BCUT2D eigenvalue weighted by molar-refractivity contribution is 5.95. The van der Waals surface area contributed by atoms with Crippen molar-refractivity contribution in [3.63, 3.8) is 0 Å². The Balaban J connectivity index is 1.32. The third-order valence-electron chi connectivity index (χ3n) is 6.53. The summed E-state index contributed by atoms with van der Waals surface area (Å²) in [4.78, 5) is 30.2. The predicted octanol–water partition coefficient (Wildman–Crippen LogP) is 2.95. The van der Waals surface area contributed by atoms with Gasteiger partial charge in [0.05, 0.1) is 20.1 Å². The molecule has 2 amide bonds. The Labute approximate surface area is 189 Å². The Bertz CT molecular complexity index is 921. The number of ether oxygens (including phenoxy) is 2. The van der Waals surface area contributed by atoms with Crippen LogP contribution in [0.2, 0.25) is 0 Å². The normalized spacial score (nSPS) is 20.7. The van der Waals surface area contributed by atoms with Crippen LogP contribution < -0.4 is 19.7 Å². The molecule has 2 fully saturated rings. The third kappa shape index (κ3) is 4.82. The number of benzene rings is 2. The number of nitrogens with one attached hydrogen (secondary N) is 1. The minimum atomic E-state index is -0.148. The Kier molecular flexibility index (Phi) is 6.83. The topological polar surface area (TPSA) is 71.1 Å². The van der Waals surface area contributed by atoms with E-state index >= 15 is 0 Å². The number of piperazine rings is 1. The average Bonchev–Trinajstić information content (AvgIpc) is 3.31. The van der Waals surface area contributed by atoms with Crippen molar-refractivity contribution in [1.29, 1.82) is 0 Å². The highest BCUT2D eigenvalue weighted by Gasteiger charge is 2.37. The minimum Gasteiger partial charge on any atom is -0.497 e. The third-order valence-corrected chi connectivity index (χ3v) is 6.53. The molecular formula is C25H31N3O4. The number of rotatable bonds is 6. The highest BCUT2D eigenvalue weighted by Crippen LogP contribution is 2.29. The molecule has 2 aromatic carbocycles. The lowest BCUT2D eigenvalue weighted by atomic mass is 10.0. The van der Waals surface area contributed by atoms with Crippen molar-refractivity contribution in [3.05, 3.63) is 54.1 Å². The van der Waals surface area contributed by atoms with E-state index < -0.39 is 0 Å². The SMILES string of the molecule is COc1ccc(C(=O)N[C@@H]2CCC[C@@H]2C(=O)N2CCN(c3ccc(OC)cc3)CC2)cc1. The second-order valence-corrected chi connectivity index (χ2v) is 8.36. The first-order valence-corrected chi connectivity index (χ1v) is 11.2. The largest absolute Gasteiger partial charge is 0.497 e. The predicted molar refractivity (Wildman–Crippen MR) is 123 cm³/mol. The average molecular weight is 438 g/mol. The van der Waals surface area contributed by atoms with Crippen LogP contribution in [0.1, 0.15) is 29.6 Å².